The Balaban J connectivity index is 1.53. The summed E-state index contributed by atoms with van der Waals surface area (Å²) in [6.07, 6.45) is 6.99. The third-order valence-corrected chi connectivity index (χ3v) is 6.48. The number of ether oxygens (including phenoxy) is 1. The van der Waals surface area contributed by atoms with Crippen LogP contribution in [0.15, 0.2) is 30.5 Å². The van der Waals surface area contributed by atoms with Crippen molar-refractivity contribution in [1.82, 2.24) is 9.97 Å². The zero-order valence-electron chi connectivity index (χ0n) is 19.6. The van der Waals surface area contributed by atoms with Gasteiger partial charge in [-0.25, -0.2) is 9.78 Å². The van der Waals surface area contributed by atoms with Gasteiger partial charge in [0.2, 0.25) is 11.9 Å². The van der Waals surface area contributed by atoms with E-state index < -0.39 is 12.0 Å². The molecule has 4 rings (SSSR count). The number of nitrogens with one attached hydrogen (secondary N) is 1. The Bertz CT molecular complexity index is 1020. The van der Waals surface area contributed by atoms with Crippen molar-refractivity contribution in [3.8, 4) is 5.75 Å². The number of likely N-dealkylation sites (N-methyl/N-ethyl adjacent to an activating group) is 1. The van der Waals surface area contributed by atoms with E-state index in [1.54, 1.807) is 42.4 Å². The largest absolute Gasteiger partial charge is 0.425 e. The number of hydrogen-bond donors (Lipinski definition) is 3. The van der Waals surface area contributed by atoms with Crippen LogP contribution in [-0.4, -0.2) is 58.7 Å². The first kappa shape index (κ1) is 23.9. The van der Waals surface area contributed by atoms with Crippen LogP contribution in [0.5, 0.6) is 5.75 Å². The van der Waals surface area contributed by atoms with Crippen LogP contribution in [0.2, 0.25) is 0 Å². The number of nitrogens with two attached hydrogens (primary N) is 1. The van der Waals surface area contributed by atoms with Gasteiger partial charge >= 0.3 is 5.97 Å². The summed E-state index contributed by atoms with van der Waals surface area (Å²) in [6, 6.07) is 6.00. The molecular weight excluding hydrogens is 436 g/mol. The number of carbonyl (C=O) groups excluding carboxylic acids is 2. The Labute approximate surface area is 199 Å². The second-order valence-electron chi connectivity index (χ2n) is 8.76. The van der Waals surface area contributed by atoms with Crippen molar-refractivity contribution in [2.24, 2.45) is 5.73 Å². The van der Waals surface area contributed by atoms with Crippen molar-refractivity contribution in [3.05, 3.63) is 30.5 Å². The van der Waals surface area contributed by atoms with Gasteiger partial charge in [-0.05, 0) is 49.9 Å². The molecule has 2 heterocycles. The van der Waals surface area contributed by atoms with E-state index >= 15 is 0 Å². The lowest BCUT2D eigenvalue weighted by molar-refractivity contribution is -0.136. The molecule has 2 aromatic rings. The van der Waals surface area contributed by atoms with Gasteiger partial charge in [-0.1, -0.05) is 19.8 Å². The number of rotatable bonds is 8. The standard InChI is InChI=1S/C24H32N6O4/c1-3-19-22(32)29(2)20-14-26-24(28-21(20)30(19)16-6-4-5-7-16)27-15-8-10-17(11-9-15)34-23(33)18(25)12-13-31/h8-11,14,16,18-19,31H,3-7,12-13,25H2,1-2H3,(H,26,27,28)/t18-,19+/m0/s1. The molecule has 1 aliphatic heterocycles. The average molecular weight is 469 g/mol. The van der Waals surface area contributed by atoms with E-state index in [9.17, 15) is 9.59 Å². The summed E-state index contributed by atoms with van der Waals surface area (Å²) < 4.78 is 5.25. The molecule has 4 N–H and O–H groups in total. The lowest BCUT2D eigenvalue weighted by Gasteiger charge is -2.43. The van der Waals surface area contributed by atoms with Crippen LogP contribution in [0.3, 0.4) is 0 Å². The van der Waals surface area contributed by atoms with Crippen LogP contribution in [0.1, 0.15) is 45.4 Å². The van der Waals surface area contributed by atoms with Gasteiger partial charge in [-0.15, -0.1) is 0 Å². The Morgan fingerprint density at radius 2 is 2.00 bits per heavy atom. The summed E-state index contributed by atoms with van der Waals surface area (Å²) in [5.74, 6) is 1.04. The first-order valence-corrected chi connectivity index (χ1v) is 11.8. The van der Waals surface area contributed by atoms with Gasteiger partial charge in [-0.2, -0.15) is 4.98 Å². The van der Waals surface area contributed by atoms with E-state index in [1.807, 2.05) is 6.92 Å². The fourth-order valence-electron chi connectivity index (χ4n) is 4.63. The predicted molar refractivity (Wildman–Crippen MR) is 129 cm³/mol. The molecule has 0 bridgehead atoms. The molecule has 1 saturated carbocycles. The maximum Gasteiger partial charge on any atom is 0.328 e. The van der Waals surface area contributed by atoms with Gasteiger partial charge in [0.15, 0.2) is 5.82 Å². The highest BCUT2D eigenvalue weighted by molar-refractivity contribution is 6.04. The molecule has 0 saturated heterocycles. The Hall–Kier alpha value is -3.24. The highest BCUT2D eigenvalue weighted by Crippen LogP contribution is 2.40. The Morgan fingerprint density at radius 1 is 1.29 bits per heavy atom. The molecule has 1 aromatic carbocycles. The lowest BCUT2D eigenvalue weighted by atomic mass is 10.0. The molecule has 1 aliphatic carbocycles. The minimum absolute atomic E-state index is 0.0788. The second kappa shape index (κ2) is 10.4. The normalized spacial score (nSPS) is 19.2. The quantitative estimate of drug-likeness (QED) is 0.394. The number of fused-ring (bicyclic) bond motifs is 1. The molecule has 10 heteroatoms. The predicted octanol–water partition coefficient (Wildman–Crippen LogP) is 2.34. The van der Waals surface area contributed by atoms with E-state index in [1.165, 1.54) is 0 Å². The summed E-state index contributed by atoms with van der Waals surface area (Å²) >= 11 is 0. The number of aromatic nitrogens is 2. The lowest BCUT2D eigenvalue weighted by Crippen LogP contribution is -2.55. The first-order valence-electron chi connectivity index (χ1n) is 11.8. The molecule has 2 atom stereocenters. The van der Waals surface area contributed by atoms with Crippen molar-refractivity contribution >= 4 is 35.0 Å². The molecule has 0 unspecified atom stereocenters. The second-order valence-corrected chi connectivity index (χ2v) is 8.76. The molecule has 34 heavy (non-hydrogen) atoms. The van der Waals surface area contributed by atoms with Crippen molar-refractivity contribution in [2.45, 2.75) is 63.6 Å². The molecule has 182 valence electrons. The van der Waals surface area contributed by atoms with Crippen molar-refractivity contribution in [2.75, 3.05) is 28.8 Å². The third kappa shape index (κ3) is 4.83. The molecule has 1 amide bonds. The van der Waals surface area contributed by atoms with E-state index in [2.05, 4.69) is 15.2 Å². The van der Waals surface area contributed by atoms with Gasteiger partial charge < -0.3 is 30.7 Å². The number of nitrogens with zero attached hydrogens (tertiary/aromatic N) is 4. The number of esters is 1. The third-order valence-electron chi connectivity index (χ3n) is 6.48. The molecular formula is C24H32N6O4. The zero-order valence-corrected chi connectivity index (χ0v) is 19.6. The highest BCUT2D eigenvalue weighted by atomic mass is 16.5. The molecule has 1 fully saturated rings. The van der Waals surface area contributed by atoms with Gasteiger partial charge in [0.1, 0.15) is 23.5 Å². The molecule has 10 nitrogen and oxygen atoms in total. The van der Waals surface area contributed by atoms with E-state index in [0.717, 1.165) is 37.2 Å². The number of benzene rings is 1. The van der Waals surface area contributed by atoms with Crippen LogP contribution in [0.25, 0.3) is 0 Å². The van der Waals surface area contributed by atoms with Crippen molar-refractivity contribution in [1.29, 1.82) is 0 Å². The van der Waals surface area contributed by atoms with Gasteiger partial charge in [-0.3, -0.25) is 4.79 Å². The van der Waals surface area contributed by atoms with Crippen LogP contribution in [-0.2, 0) is 9.59 Å². The van der Waals surface area contributed by atoms with Gasteiger partial charge in [0.05, 0.1) is 6.20 Å². The number of aliphatic hydroxyl groups excluding tert-OH is 1. The van der Waals surface area contributed by atoms with Crippen molar-refractivity contribution in [3.63, 3.8) is 0 Å². The minimum Gasteiger partial charge on any atom is -0.425 e. The van der Waals surface area contributed by atoms with Crippen LogP contribution >= 0.6 is 0 Å². The topological polar surface area (TPSA) is 134 Å². The van der Waals surface area contributed by atoms with E-state index in [-0.39, 0.29) is 25.0 Å². The van der Waals surface area contributed by atoms with Crippen molar-refractivity contribution < 1.29 is 19.4 Å². The van der Waals surface area contributed by atoms with Gasteiger partial charge in [0.25, 0.3) is 0 Å². The number of amides is 1. The molecule has 1 aromatic heterocycles. The monoisotopic (exact) mass is 468 g/mol. The summed E-state index contributed by atoms with van der Waals surface area (Å²) in [7, 11) is 1.78. The van der Waals surface area contributed by atoms with E-state index in [0.29, 0.717) is 29.8 Å². The average Bonchev–Trinajstić information content (AvgIpc) is 3.37. The summed E-state index contributed by atoms with van der Waals surface area (Å²) in [4.78, 5) is 38.0. The molecule has 2 aliphatic rings. The Kier molecular flexibility index (Phi) is 7.28. The number of aliphatic hydroxyl groups is 1. The summed E-state index contributed by atoms with van der Waals surface area (Å²) in [5.41, 5.74) is 7.10. The van der Waals surface area contributed by atoms with E-state index in [4.69, 9.17) is 20.6 Å². The summed E-state index contributed by atoms with van der Waals surface area (Å²) in [6.45, 7) is 1.86. The van der Waals surface area contributed by atoms with Crippen LogP contribution in [0, 0.1) is 0 Å². The Morgan fingerprint density at radius 3 is 2.65 bits per heavy atom. The fourth-order valence-corrected chi connectivity index (χ4v) is 4.63. The first-order chi connectivity index (χ1) is 16.4. The number of carbonyl (C=O) groups is 2. The maximum absolute atomic E-state index is 13.0. The number of hydrogen-bond acceptors (Lipinski definition) is 9. The smallest absolute Gasteiger partial charge is 0.328 e. The van der Waals surface area contributed by atoms with Crippen LogP contribution in [0.4, 0.5) is 23.1 Å². The number of anilines is 4. The summed E-state index contributed by atoms with van der Waals surface area (Å²) in [5, 5.41) is 12.1. The maximum atomic E-state index is 13.0. The minimum atomic E-state index is -0.869. The fraction of sp³-hybridized carbons (Fsp3) is 0.500. The van der Waals surface area contributed by atoms with Crippen LogP contribution < -0.4 is 25.6 Å². The zero-order chi connectivity index (χ0) is 24.2. The van der Waals surface area contributed by atoms with Gasteiger partial charge in [0, 0.05) is 25.4 Å². The molecule has 0 spiro atoms. The highest BCUT2D eigenvalue weighted by Gasteiger charge is 2.41. The SMILES string of the molecule is CC[C@@H]1C(=O)N(C)c2cnc(Nc3ccc(OC(=O)[C@@H](N)CCO)cc3)nc2N1C1CCCC1. The molecule has 0 radical (unpaired) electrons.